The van der Waals surface area contributed by atoms with Crippen molar-refractivity contribution in [2.24, 2.45) is 0 Å². The fourth-order valence-corrected chi connectivity index (χ4v) is 2.69. The third-order valence-electron chi connectivity index (χ3n) is 2.94. The minimum atomic E-state index is -0.661. The van der Waals surface area contributed by atoms with E-state index in [0.717, 1.165) is 10.8 Å². The largest absolute Gasteiger partial charge is 0.491 e. The molecule has 1 aromatic carbocycles. The Morgan fingerprint density at radius 1 is 1.18 bits per heavy atom. The van der Waals surface area contributed by atoms with E-state index in [9.17, 15) is 9.50 Å². The quantitative estimate of drug-likeness (QED) is 0.707. The van der Waals surface area contributed by atoms with E-state index >= 15 is 0 Å². The van der Waals surface area contributed by atoms with Crippen molar-refractivity contribution in [3.8, 4) is 5.75 Å². The van der Waals surface area contributed by atoms with Gasteiger partial charge in [-0.25, -0.2) is 4.39 Å². The van der Waals surface area contributed by atoms with Gasteiger partial charge in [-0.15, -0.1) is 10.2 Å². The van der Waals surface area contributed by atoms with Crippen LogP contribution in [0.2, 0.25) is 0 Å². The fourth-order valence-electron chi connectivity index (χ4n) is 1.86. The summed E-state index contributed by atoms with van der Waals surface area (Å²) in [5, 5.41) is 18.8. The smallest absolute Gasteiger partial charge is 0.195 e. The van der Waals surface area contributed by atoms with Crippen LogP contribution in [0, 0.1) is 5.82 Å². The number of aromatic nitrogens is 3. The van der Waals surface area contributed by atoms with Gasteiger partial charge in [0, 0.05) is 11.9 Å². The predicted octanol–water partition coefficient (Wildman–Crippen LogP) is 2.40. The molecule has 2 heterocycles. The second-order valence-electron chi connectivity index (χ2n) is 4.64. The SMILES string of the molecule is OC(COc1ccc(F)cc1)CSc1nnc2ccccn12. The van der Waals surface area contributed by atoms with Crippen molar-refractivity contribution >= 4 is 17.4 Å². The van der Waals surface area contributed by atoms with Gasteiger partial charge in [-0.2, -0.15) is 0 Å². The number of hydrogen-bond donors (Lipinski definition) is 1. The first-order chi connectivity index (χ1) is 10.7. The molecule has 22 heavy (non-hydrogen) atoms. The Labute approximate surface area is 130 Å². The van der Waals surface area contributed by atoms with E-state index in [1.54, 1.807) is 0 Å². The van der Waals surface area contributed by atoms with Crippen LogP contribution in [0.3, 0.4) is 0 Å². The molecule has 1 unspecified atom stereocenters. The van der Waals surface area contributed by atoms with Crippen LogP contribution in [-0.4, -0.2) is 38.2 Å². The van der Waals surface area contributed by atoms with Gasteiger partial charge in [-0.05, 0) is 36.4 Å². The molecule has 0 radical (unpaired) electrons. The summed E-state index contributed by atoms with van der Waals surface area (Å²) in [4.78, 5) is 0. The molecular weight excluding hydrogens is 305 g/mol. The number of halogens is 1. The van der Waals surface area contributed by atoms with Gasteiger partial charge in [0.2, 0.25) is 0 Å². The monoisotopic (exact) mass is 319 g/mol. The number of ether oxygens (including phenoxy) is 1. The van der Waals surface area contributed by atoms with E-state index in [1.807, 2.05) is 28.8 Å². The third-order valence-corrected chi connectivity index (χ3v) is 4.03. The van der Waals surface area contributed by atoms with Gasteiger partial charge in [0.1, 0.15) is 18.2 Å². The Balaban J connectivity index is 1.52. The highest BCUT2D eigenvalue weighted by molar-refractivity contribution is 7.99. The summed E-state index contributed by atoms with van der Waals surface area (Å²) in [6.07, 6.45) is 1.21. The van der Waals surface area contributed by atoms with Crippen LogP contribution in [0.1, 0.15) is 0 Å². The molecule has 0 spiro atoms. The van der Waals surface area contributed by atoms with Gasteiger partial charge in [-0.3, -0.25) is 4.40 Å². The number of rotatable bonds is 6. The zero-order valence-corrected chi connectivity index (χ0v) is 12.4. The van der Waals surface area contributed by atoms with Crippen molar-refractivity contribution < 1.29 is 14.2 Å². The molecule has 0 amide bonds. The molecule has 0 saturated heterocycles. The van der Waals surface area contributed by atoms with Crippen molar-refractivity contribution in [2.45, 2.75) is 11.3 Å². The Morgan fingerprint density at radius 3 is 2.82 bits per heavy atom. The van der Waals surface area contributed by atoms with Gasteiger partial charge < -0.3 is 9.84 Å². The number of aliphatic hydroxyl groups excluding tert-OH is 1. The normalized spacial score (nSPS) is 12.5. The van der Waals surface area contributed by atoms with E-state index in [2.05, 4.69) is 10.2 Å². The summed E-state index contributed by atoms with van der Waals surface area (Å²) in [7, 11) is 0. The van der Waals surface area contributed by atoms with E-state index in [0.29, 0.717) is 11.5 Å². The highest BCUT2D eigenvalue weighted by atomic mass is 32.2. The number of aliphatic hydroxyl groups is 1. The van der Waals surface area contributed by atoms with Crippen LogP contribution in [-0.2, 0) is 0 Å². The molecule has 2 aromatic heterocycles. The average molecular weight is 319 g/mol. The molecule has 5 nitrogen and oxygen atoms in total. The van der Waals surface area contributed by atoms with Crippen LogP contribution in [0.15, 0.2) is 53.8 Å². The van der Waals surface area contributed by atoms with Crippen molar-refractivity contribution in [3.63, 3.8) is 0 Å². The van der Waals surface area contributed by atoms with Crippen molar-refractivity contribution in [2.75, 3.05) is 12.4 Å². The lowest BCUT2D eigenvalue weighted by Gasteiger charge is -2.11. The molecule has 0 aliphatic carbocycles. The number of thioether (sulfide) groups is 1. The van der Waals surface area contributed by atoms with Gasteiger partial charge >= 0.3 is 0 Å². The Bertz CT molecular complexity index is 748. The summed E-state index contributed by atoms with van der Waals surface area (Å²) in [5.74, 6) is 0.636. The molecule has 0 aliphatic heterocycles. The number of hydrogen-bond acceptors (Lipinski definition) is 5. The second kappa shape index (κ2) is 6.76. The van der Waals surface area contributed by atoms with E-state index in [4.69, 9.17) is 4.74 Å². The summed E-state index contributed by atoms with van der Waals surface area (Å²) >= 11 is 1.40. The molecule has 7 heteroatoms. The lowest BCUT2D eigenvalue weighted by molar-refractivity contribution is 0.126. The lowest BCUT2D eigenvalue weighted by atomic mass is 10.3. The van der Waals surface area contributed by atoms with E-state index in [1.165, 1.54) is 36.0 Å². The molecule has 114 valence electrons. The van der Waals surface area contributed by atoms with Gasteiger partial charge in [0.25, 0.3) is 0 Å². The van der Waals surface area contributed by atoms with Gasteiger partial charge in [-0.1, -0.05) is 17.8 Å². The maximum absolute atomic E-state index is 12.8. The first kappa shape index (κ1) is 14.8. The molecule has 0 saturated carbocycles. The number of benzene rings is 1. The zero-order chi connectivity index (χ0) is 15.4. The maximum atomic E-state index is 12.8. The third kappa shape index (κ3) is 3.55. The topological polar surface area (TPSA) is 59.7 Å². The van der Waals surface area contributed by atoms with Crippen LogP contribution >= 0.6 is 11.8 Å². The summed E-state index contributed by atoms with van der Waals surface area (Å²) in [6.45, 7) is 0.134. The van der Waals surface area contributed by atoms with E-state index < -0.39 is 6.10 Å². The zero-order valence-electron chi connectivity index (χ0n) is 11.6. The molecule has 3 rings (SSSR count). The standard InChI is InChI=1S/C15H14FN3O2S/c16-11-4-6-13(7-5-11)21-9-12(20)10-22-15-18-17-14-3-1-2-8-19(14)15/h1-8,12,20H,9-10H2. The van der Waals surface area contributed by atoms with E-state index in [-0.39, 0.29) is 12.4 Å². The Morgan fingerprint density at radius 2 is 2.00 bits per heavy atom. The molecule has 0 aliphatic rings. The van der Waals surface area contributed by atoms with Crippen molar-refractivity contribution in [1.29, 1.82) is 0 Å². The molecule has 1 N–H and O–H groups in total. The molecule has 0 fully saturated rings. The summed E-state index contributed by atoms with van der Waals surface area (Å²) in [6, 6.07) is 11.4. The number of nitrogens with zero attached hydrogens (tertiary/aromatic N) is 3. The number of fused-ring (bicyclic) bond motifs is 1. The second-order valence-corrected chi connectivity index (χ2v) is 5.63. The molecule has 3 aromatic rings. The minimum absolute atomic E-state index is 0.134. The molecule has 0 bridgehead atoms. The van der Waals surface area contributed by atoms with Crippen LogP contribution in [0.25, 0.3) is 5.65 Å². The summed E-state index contributed by atoms with van der Waals surface area (Å²) in [5.41, 5.74) is 0.766. The first-order valence-electron chi connectivity index (χ1n) is 6.71. The first-order valence-corrected chi connectivity index (χ1v) is 7.70. The van der Waals surface area contributed by atoms with Crippen molar-refractivity contribution in [1.82, 2.24) is 14.6 Å². The average Bonchev–Trinajstić information content (AvgIpc) is 2.96. The molecular formula is C15H14FN3O2S. The Hall–Kier alpha value is -2.12. The highest BCUT2D eigenvalue weighted by Gasteiger charge is 2.10. The maximum Gasteiger partial charge on any atom is 0.195 e. The van der Waals surface area contributed by atoms with Gasteiger partial charge in [0.15, 0.2) is 10.8 Å². The fraction of sp³-hybridized carbons (Fsp3) is 0.200. The number of pyridine rings is 1. The molecule has 1 atom stereocenters. The van der Waals surface area contributed by atoms with Crippen LogP contribution in [0.5, 0.6) is 5.75 Å². The predicted molar refractivity (Wildman–Crippen MR) is 81.6 cm³/mol. The van der Waals surface area contributed by atoms with Gasteiger partial charge in [0.05, 0.1) is 6.10 Å². The summed E-state index contributed by atoms with van der Waals surface area (Å²) < 4.78 is 20.0. The minimum Gasteiger partial charge on any atom is -0.491 e. The van der Waals surface area contributed by atoms with Crippen LogP contribution in [0.4, 0.5) is 4.39 Å². The Kier molecular flexibility index (Phi) is 4.55. The van der Waals surface area contributed by atoms with Crippen LogP contribution < -0.4 is 4.74 Å². The lowest BCUT2D eigenvalue weighted by Crippen LogP contribution is -2.20. The van der Waals surface area contributed by atoms with Crippen molar-refractivity contribution in [3.05, 3.63) is 54.5 Å². The highest BCUT2D eigenvalue weighted by Crippen LogP contribution is 2.18.